The molecule has 3 aromatic rings. The predicted molar refractivity (Wildman–Crippen MR) is 134 cm³/mol. The van der Waals surface area contributed by atoms with Crippen molar-refractivity contribution in [3.63, 3.8) is 0 Å². The van der Waals surface area contributed by atoms with E-state index in [1.165, 1.54) is 40.7 Å². The lowest BCUT2D eigenvalue weighted by molar-refractivity contribution is 0.587. The molecule has 32 heavy (non-hydrogen) atoms. The molecule has 2 aliphatic rings. The molecule has 162 valence electrons. The minimum atomic E-state index is 0.352. The van der Waals surface area contributed by atoms with Gasteiger partial charge in [-0.1, -0.05) is 99.1 Å². The van der Waals surface area contributed by atoms with Gasteiger partial charge in [0.25, 0.3) is 0 Å². The Morgan fingerprint density at radius 2 is 1.59 bits per heavy atom. The third kappa shape index (κ3) is 4.25. The molecule has 0 amide bonds. The van der Waals surface area contributed by atoms with Crippen LogP contribution in [-0.2, 0) is 6.54 Å². The SMILES string of the molecule is CC(C)c1ccccc1C1=NC2CCCC2C(=NCc2ccc(-c3ccccc3)cc2)N1. The summed E-state index contributed by atoms with van der Waals surface area (Å²) >= 11 is 0. The van der Waals surface area contributed by atoms with Crippen molar-refractivity contribution in [2.45, 2.75) is 51.6 Å². The standard InChI is InChI=1S/C29H31N3/c1-20(2)24-11-6-7-12-25(24)29-31-27-14-8-13-26(27)28(32-29)30-19-21-15-17-23(18-16-21)22-9-4-3-5-10-22/h3-7,9-12,15-18,20,26-27H,8,13-14,19H2,1-2H3,(H,30,31,32). The van der Waals surface area contributed by atoms with Gasteiger partial charge >= 0.3 is 0 Å². The lowest BCUT2D eigenvalue weighted by Crippen LogP contribution is -2.44. The maximum Gasteiger partial charge on any atom is 0.134 e. The molecule has 3 aromatic carbocycles. The van der Waals surface area contributed by atoms with Gasteiger partial charge < -0.3 is 5.32 Å². The van der Waals surface area contributed by atoms with Gasteiger partial charge in [-0.05, 0) is 41.0 Å². The molecule has 0 saturated heterocycles. The summed E-state index contributed by atoms with van der Waals surface area (Å²) in [6.07, 6.45) is 3.56. The molecular weight excluding hydrogens is 390 g/mol. The molecular formula is C29H31N3. The fourth-order valence-corrected chi connectivity index (χ4v) is 4.95. The highest BCUT2D eigenvalue weighted by atomic mass is 15.1. The monoisotopic (exact) mass is 421 g/mol. The van der Waals surface area contributed by atoms with Crippen LogP contribution in [0.15, 0.2) is 88.8 Å². The Kier molecular flexibility index (Phi) is 5.89. The van der Waals surface area contributed by atoms with Crippen molar-refractivity contribution >= 4 is 11.7 Å². The third-order valence-electron chi connectivity index (χ3n) is 6.70. The smallest absolute Gasteiger partial charge is 0.134 e. The molecule has 0 bridgehead atoms. The highest BCUT2D eigenvalue weighted by molar-refractivity contribution is 6.12. The van der Waals surface area contributed by atoms with Crippen LogP contribution in [0.4, 0.5) is 0 Å². The van der Waals surface area contributed by atoms with E-state index in [2.05, 4.69) is 98.0 Å². The first-order valence-corrected chi connectivity index (χ1v) is 11.8. The number of nitrogens with zero attached hydrogens (tertiary/aromatic N) is 2. The van der Waals surface area contributed by atoms with Crippen molar-refractivity contribution < 1.29 is 0 Å². The van der Waals surface area contributed by atoms with E-state index in [0.29, 0.717) is 24.4 Å². The number of fused-ring (bicyclic) bond motifs is 1. The molecule has 2 atom stereocenters. The highest BCUT2D eigenvalue weighted by Crippen LogP contribution is 2.33. The summed E-state index contributed by atoms with van der Waals surface area (Å²) in [5.74, 6) is 2.99. The first-order valence-electron chi connectivity index (χ1n) is 11.8. The molecule has 0 radical (unpaired) electrons. The summed E-state index contributed by atoms with van der Waals surface area (Å²) in [7, 11) is 0. The molecule has 1 saturated carbocycles. The van der Waals surface area contributed by atoms with Gasteiger partial charge in [0.2, 0.25) is 0 Å². The molecule has 0 spiro atoms. The lowest BCUT2D eigenvalue weighted by Gasteiger charge is -2.28. The van der Waals surface area contributed by atoms with E-state index in [-0.39, 0.29) is 0 Å². The molecule has 3 nitrogen and oxygen atoms in total. The average Bonchev–Trinajstić information content (AvgIpc) is 3.32. The van der Waals surface area contributed by atoms with Gasteiger partial charge in [0, 0.05) is 11.5 Å². The van der Waals surface area contributed by atoms with E-state index in [9.17, 15) is 0 Å². The van der Waals surface area contributed by atoms with Crippen molar-refractivity contribution in [1.82, 2.24) is 5.32 Å². The molecule has 0 aromatic heterocycles. The summed E-state index contributed by atoms with van der Waals surface area (Å²) in [5.41, 5.74) is 6.28. The van der Waals surface area contributed by atoms with Crippen molar-refractivity contribution in [1.29, 1.82) is 0 Å². The molecule has 1 N–H and O–H groups in total. The van der Waals surface area contributed by atoms with Crippen molar-refractivity contribution in [3.05, 3.63) is 95.6 Å². The summed E-state index contributed by atoms with van der Waals surface area (Å²) in [4.78, 5) is 10.2. The number of rotatable bonds is 5. The second kappa shape index (κ2) is 9.12. The first kappa shape index (κ1) is 20.7. The minimum absolute atomic E-state index is 0.352. The van der Waals surface area contributed by atoms with E-state index < -0.39 is 0 Å². The van der Waals surface area contributed by atoms with Gasteiger partial charge in [0.1, 0.15) is 11.7 Å². The van der Waals surface area contributed by atoms with E-state index in [1.54, 1.807) is 0 Å². The Hall–Kier alpha value is -3.20. The number of amidine groups is 2. The van der Waals surface area contributed by atoms with Gasteiger partial charge in [0.05, 0.1) is 12.6 Å². The maximum atomic E-state index is 5.13. The van der Waals surface area contributed by atoms with Crippen molar-refractivity contribution in [2.75, 3.05) is 0 Å². The maximum absolute atomic E-state index is 5.13. The molecule has 1 aliphatic heterocycles. The first-order chi connectivity index (χ1) is 15.7. The zero-order chi connectivity index (χ0) is 21.9. The van der Waals surface area contributed by atoms with Gasteiger partial charge in [-0.2, -0.15) is 0 Å². The Labute approximate surface area is 191 Å². The van der Waals surface area contributed by atoms with Gasteiger partial charge in [-0.25, -0.2) is 0 Å². The van der Waals surface area contributed by atoms with Crippen LogP contribution < -0.4 is 5.32 Å². The van der Waals surface area contributed by atoms with Crippen LogP contribution >= 0.6 is 0 Å². The van der Waals surface area contributed by atoms with Crippen LogP contribution in [0.2, 0.25) is 0 Å². The zero-order valence-corrected chi connectivity index (χ0v) is 19.0. The quantitative estimate of drug-likeness (QED) is 0.495. The minimum Gasteiger partial charge on any atom is -0.328 e. The second-order valence-corrected chi connectivity index (χ2v) is 9.21. The zero-order valence-electron chi connectivity index (χ0n) is 19.0. The lowest BCUT2D eigenvalue weighted by atomic mass is 9.94. The van der Waals surface area contributed by atoms with Crippen LogP contribution in [-0.4, -0.2) is 17.7 Å². The topological polar surface area (TPSA) is 36.8 Å². The van der Waals surface area contributed by atoms with E-state index >= 15 is 0 Å². The fourth-order valence-electron chi connectivity index (χ4n) is 4.95. The van der Waals surface area contributed by atoms with Crippen LogP contribution in [0, 0.1) is 5.92 Å². The van der Waals surface area contributed by atoms with Crippen molar-refractivity contribution in [2.24, 2.45) is 15.9 Å². The summed E-state index contributed by atoms with van der Waals surface area (Å²) in [6, 6.07) is 28.3. The summed E-state index contributed by atoms with van der Waals surface area (Å²) < 4.78 is 0. The number of nitrogens with one attached hydrogen (secondary N) is 1. The molecule has 5 rings (SSSR count). The molecule has 1 heterocycles. The largest absolute Gasteiger partial charge is 0.328 e. The van der Waals surface area contributed by atoms with Crippen LogP contribution in [0.3, 0.4) is 0 Å². The van der Waals surface area contributed by atoms with Gasteiger partial charge in [-0.15, -0.1) is 0 Å². The van der Waals surface area contributed by atoms with Crippen LogP contribution in [0.1, 0.15) is 55.7 Å². The number of hydrogen-bond acceptors (Lipinski definition) is 2. The fraction of sp³-hybridized carbons (Fsp3) is 0.310. The highest BCUT2D eigenvalue weighted by Gasteiger charge is 2.35. The third-order valence-corrected chi connectivity index (χ3v) is 6.70. The number of hydrogen-bond donors (Lipinski definition) is 1. The molecule has 3 heteroatoms. The summed E-state index contributed by atoms with van der Waals surface area (Å²) in [5, 5.41) is 3.64. The normalized spacial score (nSPS) is 21.3. The second-order valence-electron chi connectivity index (χ2n) is 9.21. The molecule has 2 unspecified atom stereocenters. The van der Waals surface area contributed by atoms with Gasteiger partial charge in [0.15, 0.2) is 0 Å². The number of benzene rings is 3. The molecule has 1 aliphatic carbocycles. The van der Waals surface area contributed by atoms with Crippen LogP contribution in [0.5, 0.6) is 0 Å². The van der Waals surface area contributed by atoms with Crippen LogP contribution in [0.25, 0.3) is 11.1 Å². The van der Waals surface area contributed by atoms with E-state index in [4.69, 9.17) is 9.98 Å². The molecule has 1 fully saturated rings. The van der Waals surface area contributed by atoms with Crippen molar-refractivity contribution in [3.8, 4) is 11.1 Å². The summed E-state index contributed by atoms with van der Waals surface area (Å²) in [6.45, 7) is 5.18. The predicted octanol–water partition coefficient (Wildman–Crippen LogP) is 6.59. The average molecular weight is 422 g/mol. The Balaban J connectivity index is 1.38. The van der Waals surface area contributed by atoms with Gasteiger partial charge in [-0.3, -0.25) is 9.98 Å². The number of aliphatic imine (C=N–C) groups is 2. The Bertz CT molecular complexity index is 1130. The van der Waals surface area contributed by atoms with E-state index in [1.807, 2.05) is 0 Å². The Morgan fingerprint density at radius 3 is 2.38 bits per heavy atom. The van der Waals surface area contributed by atoms with E-state index in [0.717, 1.165) is 18.1 Å². The Morgan fingerprint density at radius 1 is 0.875 bits per heavy atom.